The van der Waals surface area contributed by atoms with E-state index in [1.165, 1.54) is 29.5 Å². The Bertz CT molecular complexity index is 437. The number of aryl methyl sites for hydroxylation is 2. The lowest BCUT2D eigenvalue weighted by molar-refractivity contribution is -0.117. The third-order valence-corrected chi connectivity index (χ3v) is 3.61. The van der Waals surface area contributed by atoms with Crippen LogP contribution in [0.3, 0.4) is 0 Å². The highest BCUT2D eigenvalue weighted by molar-refractivity contribution is 6.01. The highest BCUT2D eigenvalue weighted by Gasteiger charge is 2.26. The quantitative estimate of drug-likeness (QED) is 0.727. The molecule has 0 fully saturated rings. The maximum absolute atomic E-state index is 12.0. The van der Waals surface area contributed by atoms with E-state index in [9.17, 15) is 4.79 Å². The zero-order valence-electron chi connectivity index (χ0n) is 11.0. The molecule has 0 spiro atoms. The number of carbonyl (C=O) groups excluding carboxylic acids is 1. The van der Waals surface area contributed by atoms with Gasteiger partial charge in [0.15, 0.2) is 0 Å². The van der Waals surface area contributed by atoms with E-state index >= 15 is 0 Å². The van der Waals surface area contributed by atoms with Gasteiger partial charge in [-0.1, -0.05) is 25.8 Å². The molecule has 0 saturated heterocycles. The molecule has 1 amide bonds. The molecule has 2 heteroatoms. The summed E-state index contributed by atoms with van der Waals surface area (Å²) in [4.78, 5) is 13.9. The Morgan fingerprint density at radius 1 is 1.18 bits per heavy atom. The first-order valence-electron chi connectivity index (χ1n) is 6.54. The summed E-state index contributed by atoms with van der Waals surface area (Å²) in [5.41, 5.74) is 4.91. The Hall–Kier alpha value is -1.31. The average Bonchev–Trinajstić information content (AvgIpc) is 2.57. The molecular weight excluding hydrogens is 210 g/mol. The average molecular weight is 231 g/mol. The van der Waals surface area contributed by atoms with Crippen molar-refractivity contribution in [1.82, 2.24) is 0 Å². The van der Waals surface area contributed by atoms with E-state index in [1.54, 1.807) is 0 Å². The third-order valence-electron chi connectivity index (χ3n) is 3.61. The molecule has 1 aromatic carbocycles. The molecule has 0 N–H and O–H groups in total. The normalized spacial score (nSPS) is 14.3. The minimum atomic E-state index is 0.265. The molecule has 1 aliphatic rings. The van der Waals surface area contributed by atoms with E-state index in [1.807, 2.05) is 4.90 Å². The van der Waals surface area contributed by atoms with Crippen LogP contribution in [0.5, 0.6) is 0 Å². The molecule has 92 valence electrons. The lowest BCUT2D eigenvalue weighted by atomic mass is 10.0. The first kappa shape index (κ1) is 12.2. The van der Waals surface area contributed by atoms with E-state index in [0.29, 0.717) is 6.42 Å². The Labute approximate surface area is 104 Å². The van der Waals surface area contributed by atoms with Crippen molar-refractivity contribution >= 4 is 11.6 Å². The molecule has 2 rings (SSSR count). The Morgan fingerprint density at radius 2 is 1.88 bits per heavy atom. The number of nitrogens with zero attached hydrogens (tertiary/aromatic N) is 1. The van der Waals surface area contributed by atoms with Gasteiger partial charge in [-0.25, -0.2) is 0 Å². The smallest absolute Gasteiger partial charge is 0.231 e. The maximum Gasteiger partial charge on any atom is 0.231 e. The van der Waals surface area contributed by atoms with Crippen molar-refractivity contribution in [2.24, 2.45) is 0 Å². The number of unbranched alkanes of at least 4 members (excludes halogenated alkanes) is 2. The molecule has 0 aliphatic carbocycles. The summed E-state index contributed by atoms with van der Waals surface area (Å²) in [6.07, 6.45) is 4.09. The second-order valence-corrected chi connectivity index (χ2v) is 4.99. The molecule has 17 heavy (non-hydrogen) atoms. The molecule has 0 bridgehead atoms. The summed E-state index contributed by atoms with van der Waals surface area (Å²) >= 11 is 0. The first-order valence-corrected chi connectivity index (χ1v) is 6.54. The number of amides is 1. The van der Waals surface area contributed by atoms with Gasteiger partial charge in [0.05, 0.1) is 6.42 Å². The van der Waals surface area contributed by atoms with Gasteiger partial charge < -0.3 is 4.90 Å². The van der Waals surface area contributed by atoms with Crippen LogP contribution in [0.15, 0.2) is 12.1 Å². The predicted octanol–water partition coefficient (Wildman–Crippen LogP) is 3.38. The lowest BCUT2D eigenvalue weighted by Crippen LogP contribution is -2.27. The summed E-state index contributed by atoms with van der Waals surface area (Å²) in [6.45, 7) is 7.29. The van der Waals surface area contributed by atoms with Crippen molar-refractivity contribution in [3.8, 4) is 0 Å². The fourth-order valence-corrected chi connectivity index (χ4v) is 2.41. The largest absolute Gasteiger partial charge is 0.312 e. The lowest BCUT2D eigenvalue weighted by Gasteiger charge is -2.18. The maximum atomic E-state index is 12.0. The minimum absolute atomic E-state index is 0.265. The molecule has 1 aliphatic heterocycles. The van der Waals surface area contributed by atoms with Crippen LogP contribution in [-0.2, 0) is 11.2 Å². The summed E-state index contributed by atoms with van der Waals surface area (Å²) in [6, 6.07) is 4.34. The fraction of sp³-hybridized carbons (Fsp3) is 0.533. The monoisotopic (exact) mass is 231 g/mol. The van der Waals surface area contributed by atoms with E-state index < -0.39 is 0 Å². The minimum Gasteiger partial charge on any atom is -0.312 e. The number of rotatable bonds is 4. The molecule has 1 heterocycles. The SMILES string of the molecule is CCCCCN1C(=O)Cc2cc(C)c(C)cc21. The van der Waals surface area contributed by atoms with Gasteiger partial charge in [-0.2, -0.15) is 0 Å². The summed E-state index contributed by atoms with van der Waals surface area (Å²) in [5, 5.41) is 0. The van der Waals surface area contributed by atoms with Crippen LogP contribution in [-0.4, -0.2) is 12.5 Å². The van der Waals surface area contributed by atoms with E-state index in [-0.39, 0.29) is 5.91 Å². The van der Waals surface area contributed by atoms with Gasteiger partial charge in [0.2, 0.25) is 5.91 Å². The number of anilines is 1. The molecule has 0 aromatic heterocycles. The number of carbonyl (C=O) groups is 1. The number of hydrogen-bond donors (Lipinski definition) is 0. The van der Waals surface area contributed by atoms with Gasteiger partial charge in [0.1, 0.15) is 0 Å². The zero-order valence-corrected chi connectivity index (χ0v) is 11.0. The summed E-state index contributed by atoms with van der Waals surface area (Å²) in [7, 11) is 0. The second kappa shape index (κ2) is 4.91. The number of hydrogen-bond acceptors (Lipinski definition) is 1. The topological polar surface area (TPSA) is 20.3 Å². The Morgan fingerprint density at radius 3 is 2.59 bits per heavy atom. The first-order chi connectivity index (χ1) is 8.13. The van der Waals surface area contributed by atoms with Crippen LogP contribution >= 0.6 is 0 Å². The van der Waals surface area contributed by atoms with Crippen LogP contribution in [0.25, 0.3) is 0 Å². The van der Waals surface area contributed by atoms with E-state index in [4.69, 9.17) is 0 Å². The highest BCUT2D eigenvalue weighted by Crippen LogP contribution is 2.31. The molecule has 0 radical (unpaired) electrons. The van der Waals surface area contributed by atoms with Crippen molar-refractivity contribution in [3.05, 3.63) is 28.8 Å². The van der Waals surface area contributed by atoms with Crippen LogP contribution in [0.2, 0.25) is 0 Å². The van der Waals surface area contributed by atoms with E-state index in [2.05, 4.69) is 32.9 Å². The van der Waals surface area contributed by atoms with Gasteiger partial charge in [0, 0.05) is 12.2 Å². The Balaban J connectivity index is 2.21. The van der Waals surface area contributed by atoms with Crippen LogP contribution in [0, 0.1) is 13.8 Å². The zero-order chi connectivity index (χ0) is 12.4. The van der Waals surface area contributed by atoms with Crippen molar-refractivity contribution in [2.45, 2.75) is 46.5 Å². The van der Waals surface area contributed by atoms with Crippen LogP contribution in [0.1, 0.15) is 42.9 Å². The van der Waals surface area contributed by atoms with Gasteiger partial charge >= 0.3 is 0 Å². The van der Waals surface area contributed by atoms with Gasteiger partial charge in [-0.15, -0.1) is 0 Å². The van der Waals surface area contributed by atoms with Gasteiger partial charge in [-0.3, -0.25) is 4.79 Å². The molecule has 2 nitrogen and oxygen atoms in total. The second-order valence-electron chi connectivity index (χ2n) is 4.99. The molecule has 0 unspecified atom stereocenters. The number of benzene rings is 1. The highest BCUT2D eigenvalue weighted by atomic mass is 16.2. The van der Waals surface area contributed by atoms with Crippen molar-refractivity contribution in [1.29, 1.82) is 0 Å². The van der Waals surface area contributed by atoms with Gasteiger partial charge in [-0.05, 0) is 43.0 Å². The Kier molecular flexibility index (Phi) is 3.51. The van der Waals surface area contributed by atoms with Crippen molar-refractivity contribution in [3.63, 3.8) is 0 Å². The molecule has 0 saturated carbocycles. The standard InChI is InChI=1S/C15H21NO/c1-4-5-6-7-16-14-9-12(3)11(2)8-13(14)10-15(16)17/h8-9H,4-7,10H2,1-3H3. The molecular formula is C15H21NO. The van der Waals surface area contributed by atoms with Gasteiger partial charge in [0.25, 0.3) is 0 Å². The number of fused-ring (bicyclic) bond motifs is 1. The van der Waals surface area contributed by atoms with Crippen LogP contribution in [0.4, 0.5) is 5.69 Å². The third kappa shape index (κ3) is 2.36. The predicted molar refractivity (Wildman–Crippen MR) is 71.5 cm³/mol. The molecule has 1 aromatic rings. The summed E-state index contributed by atoms with van der Waals surface area (Å²) in [5.74, 6) is 0.265. The summed E-state index contributed by atoms with van der Waals surface area (Å²) < 4.78 is 0. The molecule has 0 atom stereocenters. The van der Waals surface area contributed by atoms with Crippen LogP contribution < -0.4 is 4.90 Å². The van der Waals surface area contributed by atoms with Crippen molar-refractivity contribution < 1.29 is 4.79 Å². The van der Waals surface area contributed by atoms with E-state index in [0.717, 1.165) is 18.7 Å². The fourth-order valence-electron chi connectivity index (χ4n) is 2.41. The van der Waals surface area contributed by atoms with Crippen molar-refractivity contribution in [2.75, 3.05) is 11.4 Å².